The third kappa shape index (κ3) is 3.91. The molecule has 0 bridgehead atoms. The summed E-state index contributed by atoms with van der Waals surface area (Å²) in [6.45, 7) is 0. The van der Waals surface area contributed by atoms with Gasteiger partial charge in [0, 0.05) is 30.0 Å². The number of halogens is 4. The lowest BCUT2D eigenvalue weighted by atomic mass is 10.0. The molecule has 1 aliphatic rings. The lowest BCUT2D eigenvalue weighted by molar-refractivity contribution is 0.0958. The first-order valence-electron chi connectivity index (χ1n) is 10.8. The fourth-order valence-electron chi connectivity index (χ4n) is 4.35. The van der Waals surface area contributed by atoms with Crippen LogP contribution in [0.5, 0.6) is 0 Å². The number of sulfonamides is 1. The number of benzene rings is 3. The molecule has 1 aliphatic carbocycles. The number of aromatic nitrogens is 2. The summed E-state index contributed by atoms with van der Waals surface area (Å²) in [4.78, 5) is 23.4. The van der Waals surface area contributed by atoms with Crippen LogP contribution in [-0.2, 0) is 16.4 Å². The number of hydrogen-bond acceptors (Lipinski definition) is 5. The van der Waals surface area contributed by atoms with Crippen molar-refractivity contribution in [3.63, 3.8) is 0 Å². The second-order valence-corrected chi connectivity index (χ2v) is 9.89. The van der Waals surface area contributed by atoms with E-state index in [0.29, 0.717) is 6.07 Å². The van der Waals surface area contributed by atoms with Crippen molar-refractivity contribution in [2.75, 3.05) is 11.8 Å². The monoisotopic (exact) mass is 532 g/mol. The van der Waals surface area contributed by atoms with Crippen LogP contribution in [0, 0.1) is 23.3 Å². The average molecular weight is 532 g/mol. The molecular weight excluding hydrogens is 516 g/mol. The Labute approximate surface area is 206 Å². The second-order valence-electron chi connectivity index (χ2n) is 8.24. The quantitative estimate of drug-likeness (QED) is 0.335. The maximum Gasteiger partial charge on any atom is 0.269 e. The Morgan fingerprint density at radius 3 is 2.49 bits per heavy atom. The number of nitrogens with zero attached hydrogens (tertiary/aromatic N) is 1. The number of fused-ring (bicyclic) bond motifs is 2. The number of anilines is 1. The normalized spacial score (nSPS) is 13.2. The molecule has 13 heteroatoms. The third-order valence-corrected chi connectivity index (χ3v) is 7.52. The minimum Gasteiger partial charge on any atom is -0.354 e. The summed E-state index contributed by atoms with van der Waals surface area (Å²) in [5.41, 5.74) is -2.60. The van der Waals surface area contributed by atoms with Gasteiger partial charge < -0.3 is 5.32 Å². The number of carbonyl (C=O) groups is 2. The zero-order valence-corrected chi connectivity index (χ0v) is 19.7. The first-order chi connectivity index (χ1) is 17.5. The van der Waals surface area contributed by atoms with E-state index in [1.807, 2.05) is 4.72 Å². The highest BCUT2D eigenvalue weighted by Crippen LogP contribution is 2.37. The van der Waals surface area contributed by atoms with Gasteiger partial charge in [0.15, 0.2) is 17.4 Å². The van der Waals surface area contributed by atoms with Gasteiger partial charge in [-0.05, 0) is 42.3 Å². The van der Waals surface area contributed by atoms with Gasteiger partial charge in [0.1, 0.15) is 22.8 Å². The molecule has 3 aromatic carbocycles. The number of Topliss-reactive ketones (excluding diaryl/α,β-unsaturated/α-hetero) is 1. The van der Waals surface area contributed by atoms with Crippen LogP contribution in [0.15, 0.2) is 41.3 Å². The number of ketones is 1. The van der Waals surface area contributed by atoms with Gasteiger partial charge in [-0.15, -0.1) is 0 Å². The SMILES string of the molecule is CNC(=O)c1[nH]nc2c(F)c(-c3c(F)ccc(NS(=O)(=O)c4cc(F)cc5c4CCC5=O)c3F)ccc12. The van der Waals surface area contributed by atoms with Gasteiger partial charge in [0.05, 0.1) is 16.1 Å². The highest BCUT2D eigenvalue weighted by Gasteiger charge is 2.31. The zero-order chi connectivity index (χ0) is 26.6. The molecule has 0 saturated carbocycles. The lowest BCUT2D eigenvalue weighted by Crippen LogP contribution is -2.18. The topological polar surface area (TPSA) is 121 Å². The Balaban J connectivity index is 1.60. The zero-order valence-electron chi connectivity index (χ0n) is 18.9. The first-order valence-corrected chi connectivity index (χ1v) is 12.3. The van der Waals surface area contributed by atoms with Crippen LogP contribution >= 0.6 is 0 Å². The van der Waals surface area contributed by atoms with E-state index in [2.05, 4.69) is 15.5 Å². The van der Waals surface area contributed by atoms with Crippen LogP contribution in [0.3, 0.4) is 0 Å². The van der Waals surface area contributed by atoms with E-state index in [9.17, 15) is 26.8 Å². The Hall–Kier alpha value is -4.26. The van der Waals surface area contributed by atoms with Crippen molar-refractivity contribution in [1.29, 1.82) is 0 Å². The summed E-state index contributed by atoms with van der Waals surface area (Å²) in [5, 5.41) is 8.50. The maximum atomic E-state index is 15.5. The molecule has 5 rings (SSSR count). The van der Waals surface area contributed by atoms with Crippen molar-refractivity contribution >= 4 is 38.3 Å². The molecule has 0 spiro atoms. The maximum absolute atomic E-state index is 15.5. The molecule has 0 radical (unpaired) electrons. The van der Waals surface area contributed by atoms with E-state index in [4.69, 9.17) is 0 Å². The molecule has 1 aromatic heterocycles. The Bertz CT molecular complexity index is 1750. The molecular formula is C24H16F4N4O4S. The number of rotatable bonds is 5. The molecule has 8 nitrogen and oxygen atoms in total. The van der Waals surface area contributed by atoms with E-state index < -0.39 is 66.7 Å². The number of amides is 1. The number of H-pyrrole nitrogens is 1. The Morgan fingerprint density at radius 1 is 1.00 bits per heavy atom. The van der Waals surface area contributed by atoms with Crippen molar-refractivity contribution in [3.8, 4) is 11.1 Å². The summed E-state index contributed by atoms with van der Waals surface area (Å²) in [6, 6.07) is 5.45. The average Bonchev–Trinajstić information content (AvgIpc) is 3.45. The van der Waals surface area contributed by atoms with Crippen LogP contribution in [0.2, 0.25) is 0 Å². The smallest absolute Gasteiger partial charge is 0.269 e. The molecule has 4 aromatic rings. The first kappa shape index (κ1) is 24.4. The number of aromatic amines is 1. The highest BCUT2D eigenvalue weighted by molar-refractivity contribution is 7.92. The fraction of sp³-hybridized carbons (Fsp3) is 0.125. The van der Waals surface area contributed by atoms with Crippen LogP contribution in [0.4, 0.5) is 23.2 Å². The van der Waals surface area contributed by atoms with Gasteiger partial charge in [0.25, 0.3) is 15.9 Å². The summed E-state index contributed by atoms with van der Waals surface area (Å²) in [7, 11) is -3.28. The number of carbonyl (C=O) groups excluding carboxylic acids is 2. The van der Waals surface area contributed by atoms with Crippen LogP contribution in [0.1, 0.15) is 32.8 Å². The standard InChI is InChI=1S/C24H16F4N4O4S/c1-29-24(34)23-13-3-2-12(20(27)22(13)30-31-23)19-15(26)5-6-16(21(19)28)32-37(35,36)18-9-10(25)8-14-11(18)4-7-17(14)33/h2-3,5-6,8-9,32H,4,7H2,1H3,(H,29,34)(H,30,31). The lowest BCUT2D eigenvalue weighted by Gasteiger charge is -2.15. The molecule has 0 atom stereocenters. The predicted octanol–water partition coefficient (Wildman–Crippen LogP) is 4.08. The highest BCUT2D eigenvalue weighted by atomic mass is 32.2. The van der Waals surface area contributed by atoms with Gasteiger partial charge in [-0.25, -0.2) is 26.0 Å². The van der Waals surface area contributed by atoms with Crippen molar-refractivity contribution in [2.45, 2.75) is 17.7 Å². The molecule has 1 amide bonds. The largest absolute Gasteiger partial charge is 0.354 e. The molecule has 3 N–H and O–H groups in total. The van der Waals surface area contributed by atoms with Crippen molar-refractivity contribution < 1.29 is 35.6 Å². The summed E-state index contributed by atoms with van der Waals surface area (Å²) in [5.74, 6) is -5.77. The molecule has 0 aliphatic heterocycles. The van der Waals surface area contributed by atoms with Crippen molar-refractivity contribution in [2.24, 2.45) is 0 Å². The second kappa shape index (κ2) is 8.69. The summed E-state index contributed by atoms with van der Waals surface area (Å²) >= 11 is 0. The Kier molecular flexibility index (Phi) is 5.74. The number of nitrogens with one attached hydrogen (secondary N) is 3. The molecule has 190 valence electrons. The van der Waals surface area contributed by atoms with E-state index in [1.54, 1.807) is 0 Å². The molecule has 37 heavy (non-hydrogen) atoms. The van der Waals surface area contributed by atoms with Crippen LogP contribution < -0.4 is 10.0 Å². The Morgan fingerprint density at radius 2 is 1.76 bits per heavy atom. The van der Waals surface area contributed by atoms with E-state index in [1.165, 1.54) is 13.1 Å². The fourth-order valence-corrected chi connectivity index (χ4v) is 5.71. The molecule has 0 fully saturated rings. The molecule has 1 heterocycles. The van der Waals surface area contributed by atoms with Crippen molar-refractivity contribution in [3.05, 3.63) is 76.5 Å². The molecule has 0 unspecified atom stereocenters. The number of hydrogen-bond donors (Lipinski definition) is 3. The van der Waals surface area contributed by atoms with Gasteiger partial charge in [0.2, 0.25) is 0 Å². The van der Waals surface area contributed by atoms with Gasteiger partial charge in [-0.3, -0.25) is 19.4 Å². The van der Waals surface area contributed by atoms with Gasteiger partial charge >= 0.3 is 0 Å². The summed E-state index contributed by atoms with van der Waals surface area (Å²) < 4.78 is 87.7. The van der Waals surface area contributed by atoms with E-state index in [0.717, 1.165) is 24.3 Å². The van der Waals surface area contributed by atoms with E-state index in [-0.39, 0.29) is 40.6 Å². The minimum absolute atomic E-state index is 0.00701. The van der Waals surface area contributed by atoms with Crippen LogP contribution in [0.25, 0.3) is 22.0 Å². The van der Waals surface area contributed by atoms with E-state index >= 15 is 8.78 Å². The third-order valence-electron chi connectivity index (χ3n) is 6.09. The summed E-state index contributed by atoms with van der Waals surface area (Å²) in [6.07, 6.45) is 0.0434. The van der Waals surface area contributed by atoms with Gasteiger partial charge in [-0.1, -0.05) is 6.07 Å². The van der Waals surface area contributed by atoms with Crippen LogP contribution in [-0.4, -0.2) is 37.4 Å². The molecule has 0 saturated heterocycles. The van der Waals surface area contributed by atoms with Crippen molar-refractivity contribution in [1.82, 2.24) is 15.5 Å². The minimum atomic E-state index is -4.63. The predicted molar refractivity (Wildman–Crippen MR) is 125 cm³/mol. The van der Waals surface area contributed by atoms with Gasteiger partial charge in [-0.2, -0.15) is 5.10 Å².